The highest BCUT2D eigenvalue weighted by molar-refractivity contribution is 5.71. The molecule has 756 valence electrons. The summed E-state index contributed by atoms with van der Waals surface area (Å²) in [5.74, 6) is 9.06. The molecule has 9 fully saturated rings. The summed E-state index contributed by atoms with van der Waals surface area (Å²) in [6.07, 6.45) is 15.0. The monoisotopic (exact) mass is 1960 g/mol. The van der Waals surface area contributed by atoms with Gasteiger partial charge in [-0.1, -0.05) is 0 Å². The number of nitrogen functional groups attached to an aromatic ring is 7. The third kappa shape index (κ3) is 23.2. The third-order valence-corrected chi connectivity index (χ3v) is 27.6. The van der Waals surface area contributed by atoms with Crippen molar-refractivity contribution in [1.82, 2.24) is 173 Å². The number of aromatic nitrogens is 28. The van der Waals surface area contributed by atoms with Crippen molar-refractivity contribution in [2.24, 2.45) is 17.6 Å². The Labute approximate surface area is 824 Å². The van der Waals surface area contributed by atoms with Crippen molar-refractivity contribution in [3.8, 4) is 79.7 Å². The number of aryl methyl sites for hydroxylation is 6. The van der Waals surface area contributed by atoms with E-state index >= 15 is 0 Å². The Bertz CT molecular complexity index is 6520. The minimum absolute atomic E-state index is 0.0511. The molecule has 9 saturated heterocycles. The number of hydrogen-bond acceptors (Lipinski definition) is 42. The molecule has 0 saturated carbocycles. The Morgan fingerprint density at radius 1 is 0.329 bits per heavy atom. The fourth-order valence-electron chi connectivity index (χ4n) is 19.0. The van der Waals surface area contributed by atoms with E-state index in [9.17, 15) is 8.78 Å². The second-order valence-electron chi connectivity index (χ2n) is 38.2. The van der Waals surface area contributed by atoms with Gasteiger partial charge in [-0.3, -0.25) is 35.7 Å². The summed E-state index contributed by atoms with van der Waals surface area (Å²) in [7, 11) is 7.85. The van der Waals surface area contributed by atoms with E-state index in [1.165, 1.54) is 19.3 Å². The molecule has 143 heavy (non-hydrogen) atoms. The highest BCUT2D eigenvalue weighted by atomic mass is 19.3. The zero-order valence-corrected chi connectivity index (χ0v) is 82.4. The standard InChI is InChI=1S/C15H21N7.C14H19N7.C14H21N7.C13H17F2N7.C13H19N7.C12H17N7.C11H15N7/c1-9-6-18-21-14(9)11-5-13(20-15(16)19-11)22-7-10-3-2-4-17-12(10)8-22;1-8-5-17-20-13(8)10-4-12(19-14(15)18-10)21-6-9-2-3-16-11(9)7-21;1-9-7-17-20-12(9)10-6-11(19-13(15)18-10)21-5-4-14(2,8-21)16-3;1-17-7-2-3-22(6-7)10-4-9(19-13(16)20-10)11-8(12(14)15)5-18-21-11;1-8-5-16-19-11(8)9-4-10(18-12(14)17-9)20-6-13(2,7-20)15-3;1-7-4-15-18-11(7)9-3-10(17-12(13)16-9)19-5-8(6-19)14-2;1-6-3-14-17-10(6)8-2-9(16-11(13)15-8)18-4-7(12)5-18/h5-6,10,12,17H,2-4,7-8H2,1H3,(H,18,21)(H2,16,19,20);4-5,9,11,16H,2-3,6-7H2,1H3,(H,17,20)(H2,15,18,19);6-7,16H,4-5,8H2,1-3H3,(H,17,20)(H2,15,18,19);4-5,7,12,17H,2-3,6H2,1H3,(H,18,21)(H2,16,19,20);4-5,15H,6-7H2,1-3H3,(H,16,19)(H2,14,17,18);3-4,8,14H,5-6H2,1-2H3,(H,15,18)(H2,13,16,17);2-3,7H,4-5,12H2,1H3,(H,14,17)(H2,13,15,16)/t10-,12+;;;7-;;;/m1..1.../s1. The lowest BCUT2D eigenvalue weighted by atomic mass is 9.92. The zero-order valence-electron chi connectivity index (χ0n) is 82.4. The molecule has 3 unspecified atom stereocenters. The second kappa shape index (κ2) is 43.1. The number of piperidine rings is 1. The lowest BCUT2D eigenvalue weighted by molar-refractivity contribution is 0.152. The van der Waals surface area contributed by atoms with Crippen LogP contribution in [0.25, 0.3) is 79.7 Å². The number of likely N-dealkylation sites (N-methyl/N-ethyl adjacent to an activating group) is 4. The van der Waals surface area contributed by atoms with Crippen LogP contribution in [-0.2, 0) is 0 Å². The van der Waals surface area contributed by atoms with Crippen molar-refractivity contribution in [3.05, 3.63) is 125 Å². The molecule has 14 aromatic heterocycles. The predicted octanol–water partition coefficient (Wildman–Crippen LogP) is 4.26. The topological polar surface area (TPSA) is 684 Å². The van der Waals surface area contributed by atoms with Gasteiger partial charge in [0.25, 0.3) is 6.43 Å². The Kier molecular flexibility index (Phi) is 30.0. The molecule has 9 aliphatic heterocycles. The van der Waals surface area contributed by atoms with Crippen LogP contribution in [-0.4, -0.2) is 315 Å². The summed E-state index contributed by atoms with van der Waals surface area (Å²) < 4.78 is 26.0. The number of aromatic amines is 7. The van der Waals surface area contributed by atoms with Gasteiger partial charge < -0.3 is 112 Å². The molecule has 0 radical (unpaired) electrons. The summed E-state index contributed by atoms with van der Waals surface area (Å²) in [6, 6.07) is 15.7. The number of alkyl halides is 2. The van der Waals surface area contributed by atoms with Gasteiger partial charge in [0.1, 0.15) is 40.7 Å². The number of hydrogen-bond donors (Lipinski definition) is 21. The summed E-state index contributed by atoms with van der Waals surface area (Å²) in [5, 5.41) is 68.5. The largest absolute Gasteiger partial charge is 0.368 e. The van der Waals surface area contributed by atoms with Crippen LogP contribution in [0.15, 0.2) is 85.8 Å². The molecule has 0 spiro atoms. The van der Waals surface area contributed by atoms with Crippen molar-refractivity contribution < 1.29 is 8.78 Å². The van der Waals surface area contributed by atoms with Crippen LogP contribution in [0.5, 0.6) is 0 Å². The SMILES string of the molecule is CNC1(C)CCN(c2cc(-c3[nH]ncc3C)nc(N)n2)C1.CNC1(C)CN(c2cc(-c3[nH]ncc3C)nc(N)n2)C1.CNC1CN(c2cc(-c3[nH]ncc3C)nc(N)n2)C1.CN[C@@H]1CCN(c2cc(-c3[nH]ncc3C(F)F)nc(N)n2)C1.Cc1cn[nH]c1-c1cc(N2CC(N)C2)nc(N)n1.Cc1cn[nH]c1-c1cc(N2CC3CCNC3C2)nc(N)n1.Cc1cn[nH]c1-c1cc(N2C[C@H]3CCCN[C@H]3C2)nc(N)n1. The van der Waals surface area contributed by atoms with Crippen LogP contribution in [0.4, 0.5) is 91.1 Å². The van der Waals surface area contributed by atoms with Crippen molar-refractivity contribution in [3.63, 3.8) is 0 Å². The Balaban J connectivity index is 0.000000115. The maximum absolute atomic E-state index is 13.0. The van der Waals surface area contributed by atoms with Gasteiger partial charge >= 0.3 is 0 Å². The molecule has 14 aromatic rings. The zero-order chi connectivity index (χ0) is 101. The number of anilines is 14. The molecule has 0 amide bonds. The van der Waals surface area contributed by atoms with Gasteiger partial charge in [-0.15, -0.1) is 0 Å². The van der Waals surface area contributed by atoms with Gasteiger partial charge in [-0.2, -0.15) is 70.6 Å². The molecule has 51 heteroatoms. The number of nitrogens with zero attached hydrogens (tertiary/aromatic N) is 28. The van der Waals surface area contributed by atoms with Crippen LogP contribution in [0.2, 0.25) is 0 Å². The molecule has 29 N–H and O–H groups in total. The maximum atomic E-state index is 13.0. The first-order chi connectivity index (χ1) is 68.8. The molecule has 0 aliphatic carbocycles. The molecule has 0 aromatic carbocycles. The van der Waals surface area contributed by atoms with E-state index in [1.54, 1.807) is 43.2 Å². The first kappa shape index (κ1) is 99.4. The number of halogens is 2. The van der Waals surface area contributed by atoms with Gasteiger partial charge in [-0.05, 0) is 174 Å². The first-order valence-corrected chi connectivity index (χ1v) is 47.9. The minimum atomic E-state index is -2.63. The van der Waals surface area contributed by atoms with Gasteiger partial charge in [0.2, 0.25) is 41.6 Å². The Morgan fingerprint density at radius 3 is 0.951 bits per heavy atom. The second-order valence-corrected chi connectivity index (χ2v) is 38.2. The minimum Gasteiger partial charge on any atom is -0.368 e. The van der Waals surface area contributed by atoms with Crippen LogP contribution in [0, 0.1) is 53.4 Å². The highest BCUT2D eigenvalue weighted by Gasteiger charge is 2.41. The first-order valence-electron chi connectivity index (χ1n) is 47.9. The van der Waals surface area contributed by atoms with Gasteiger partial charge in [0.15, 0.2) is 0 Å². The fraction of sp³-hybridized carbons (Fsp3) is 0.467. The van der Waals surface area contributed by atoms with E-state index < -0.39 is 6.43 Å². The molecule has 0 bridgehead atoms. The summed E-state index contributed by atoms with van der Waals surface area (Å²) in [5.41, 5.74) is 63.5. The van der Waals surface area contributed by atoms with E-state index in [0.717, 1.165) is 266 Å². The fourth-order valence-corrected chi connectivity index (χ4v) is 19.0. The van der Waals surface area contributed by atoms with E-state index in [-0.39, 0.29) is 58.1 Å². The molecule has 49 nitrogen and oxygen atoms in total. The quantitative estimate of drug-likeness (QED) is 0.0538. The number of nitrogens with one attached hydrogen (secondary N) is 13. The maximum Gasteiger partial charge on any atom is 0.267 e. The molecule has 6 atom stereocenters. The molecule has 9 aliphatic rings. The molecular formula is C92H129F2N49. The lowest BCUT2D eigenvalue weighted by Gasteiger charge is -2.48. The number of H-pyrrole nitrogens is 7. The molecular weight excluding hydrogens is 1830 g/mol. The Hall–Kier alpha value is -15.2. The van der Waals surface area contributed by atoms with E-state index in [2.05, 4.69) is 221 Å². The summed E-state index contributed by atoms with van der Waals surface area (Å²) in [6.45, 7) is 31.4. The van der Waals surface area contributed by atoms with Crippen molar-refractivity contribution in [1.29, 1.82) is 0 Å². The average Bonchev–Trinajstić information content (AvgIpc) is 1.53. The van der Waals surface area contributed by atoms with E-state index in [4.69, 9.17) is 45.9 Å². The van der Waals surface area contributed by atoms with Gasteiger partial charge in [0, 0.05) is 170 Å². The summed E-state index contributed by atoms with van der Waals surface area (Å²) >= 11 is 0. The summed E-state index contributed by atoms with van der Waals surface area (Å²) in [4.78, 5) is 75.5. The van der Waals surface area contributed by atoms with Crippen LogP contribution in [0.3, 0.4) is 0 Å². The Morgan fingerprint density at radius 2 is 0.629 bits per heavy atom. The van der Waals surface area contributed by atoms with Gasteiger partial charge in [-0.25, -0.2) is 43.7 Å². The van der Waals surface area contributed by atoms with E-state index in [0.29, 0.717) is 53.5 Å². The smallest absolute Gasteiger partial charge is 0.267 e. The predicted molar refractivity (Wildman–Crippen MR) is 549 cm³/mol. The van der Waals surface area contributed by atoms with E-state index in [1.807, 2.05) is 106 Å². The average molecular weight is 1960 g/mol. The number of nitrogens with two attached hydrogens (primary N) is 8. The molecule has 23 rings (SSSR count). The van der Waals surface area contributed by atoms with Crippen molar-refractivity contribution in [2.75, 3.05) is 207 Å². The van der Waals surface area contributed by atoms with Gasteiger partial charge in [0.05, 0.1) is 134 Å². The van der Waals surface area contributed by atoms with Crippen LogP contribution in [0.1, 0.15) is 91.3 Å². The number of fused-ring (bicyclic) bond motifs is 2. The lowest BCUT2D eigenvalue weighted by Crippen LogP contribution is -2.67. The number of rotatable bonds is 19. The normalized spacial score (nSPS) is 19.9. The third-order valence-electron chi connectivity index (χ3n) is 27.6. The molecule has 23 heterocycles. The van der Waals surface area contributed by atoms with Crippen molar-refractivity contribution >= 4 is 82.4 Å². The van der Waals surface area contributed by atoms with Crippen LogP contribution < -0.4 is 112 Å². The van der Waals surface area contributed by atoms with Crippen LogP contribution >= 0.6 is 0 Å². The highest BCUT2D eigenvalue weighted by Crippen LogP contribution is 2.39. The van der Waals surface area contributed by atoms with Crippen molar-refractivity contribution in [2.45, 2.75) is 135 Å².